The van der Waals surface area contributed by atoms with E-state index in [0.29, 0.717) is 5.56 Å². The minimum Gasteiger partial charge on any atom is -0.384 e. The van der Waals surface area contributed by atoms with Crippen molar-refractivity contribution in [3.05, 3.63) is 34.9 Å². The van der Waals surface area contributed by atoms with Crippen LogP contribution in [0.1, 0.15) is 41.3 Å². The molecule has 0 unspecified atom stereocenters. The number of nitrogens with one attached hydrogen (secondary N) is 1. The normalized spacial score (nSPS) is 15.5. The summed E-state index contributed by atoms with van der Waals surface area (Å²) in [6, 6.07) is 5.51. The molecule has 1 fully saturated rings. The molecule has 0 bridgehead atoms. The molecule has 0 saturated heterocycles. The Kier molecular flexibility index (Phi) is 3.40. The van der Waals surface area contributed by atoms with Crippen LogP contribution < -0.4 is 5.32 Å². The Morgan fingerprint density at radius 1 is 1.44 bits per heavy atom. The molecule has 0 aromatic heterocycles. The van der Waals surface area contributed by atoms with Crippen molar-refractivity contribution in [2.24, 2.45) is 0 Å². The van der Waals surface area contributed by atoms with Gasteiger partial charge in [-0.3, -0.25) is 4.79 Å². The topological polar surface area (TPSA) is 49.3 Å². The Morgan fingerprint density at radius 2 is 2.17 bits per heavy atom. The van der Waals surface area contributed by atoms with E-state index in [-0.39, 0.29) is 18.1 Å². The highest BCUT2D eigenvalue weighted by Gasteiger charge is 2.38. The van der Waals surface area contributed by atoms with Gasteiger partial charge in [-0.2, -0.15) is 0 Å². The molecule has 94 valence electrons. The molecule has 1 aliphatic rings. The Balaban J connectivity index is 2.21. The van der Waals surface area contributed by atoms with Crippen molar-refractivity contribution in [3.8, 4) is 11.8 Å². The number of carbonyl (C=O) groups excluding carboxylic acids is 1. The molecule has 1 aromatic carbocycles. The molecule has 1 aromatic rings. The maximum absolute atomic E-state index is 12.1. The van der Waals surface area contributed by atoms with Crippen LogP contribution in [0, 0.1) is 18.8 Å². The van der Waals surface area contributed by atoms with Crippen LogP contribution in [0.5, 0.6) is 0 Å². The smallest absolute Gasteiger partial charge is 0.251 e. The van der Waals surface area contributed by atoms with Crippen LogP contribution in [0.15, 0.2) is 18.2 Å². The summed E-state index contributed by atoms with van der Waals surface area (Å²) in [7, 11) is 0. The van der Waals surface area contributed by atoms with Crippen LogP contribution in [-0.4, -0.2) is 23.2 Å². The quantitative estimate of drug-likeness (QED) is 0.775. The lowest BCUT2D eigenvalue weighted by molar-refractivity contribution is 0.0935. The molecular weight excluding hydrogens is 226 g/mol. The standard InChI is InChI=1S/C15H17NO2/c1-11-8-12(4-3-7-17)10-13(9-11)14(18)16-15(2)5-6-15/h8-10,17H,5-7H2,1-2H3,(H,16,18). The van der Waals surface area contributed by atoms with Gasteiger partial charge in [0.05, 0.1) is 0 Å². The second-order valence-corrected chi connectivity index (χ2v) is 5.06. The maximum Gasteiger partial charge on any atom is 0.251 e. The monoisotopic (exact) mass is 243 g/mol. The van der Waals surface area contributed by atoms with Crippen molar-refractivity contribution < 1.29 is 9.90 Å². The fraction of sp³-hybridized carbons (Fsp3) is 0.400. The first-order chi connectivity index (χ1) is 8.52. The van der Waals surface area contributed by atoms with E-state index in [0.717, 1.165) is 24.0 Å². The van der Waals surface area contributed by atoms with E-state index in [4.69, 9.17) is 5.11 Å². The third-order valence-electron chi connectivity index (χ3n) is 3.07. The average Bonchev–Trinajstić information content (AvgIpc) is 3.03. The highest BCUT2D eigenvalue weighted by atomic mass is 16.2. The Bertz CT molecular complexity index is 533. The van der Waals surface area contributed by atoms with Gasteiger partial charge in [-0.15, -0.1) is 0 Å². The number of aliphatic hydroxyl groups excluding tert-OH is 1. The number of aryl methyl sites for hydroxylation is 1. The second-order valence-electron chi connectivity index (χ2n) is 5.06. The SMILES string of the molecule is Cc1cc(C#CCO)cc(C(=O)NC2(C)CC2)c1. The minimum absolute atomic E-state index is 0.0161. The molecule has 3 heteroatoms. The van der Waals surface area contributed by atoms with E-state index in [2.05, 4.69) is 17.2 Å². The van der Waals surface area contributed by atoms with Crippen molar-refractivity contribution in [2.45, 2.75) is 32.2 Å². The van der Waals surface area contributed by atoms with Gasteiger partial charge in [0, 0.05) is 16.7 Å². The maximum atomic E-state index is 12.1. The number of amides is 1. The van der Waals surface area contributed by atoms with Crippen LogP contribution in [0.25, 0.3) is 0 Å². The molecule has 0 spiro atoms. The predicted octanol–water partition coefficient (Wildman–Crippen LogP) is 1.62. The average molecular weight is 243 g/mol. The van der Waals surface area contributed by atoms with Crippen molar-refractivity contribution in [3.63, 3.8) is 0 Å². The molecule has 0 radical (unpaired) electrons. The number of aliphatic hydroxyl groups is 1. The number of hydrogen-bond acceptors (Lipinski definition) is 2. The van der Waals surface area contributed by atoms with Gasteiger partial charge in [-0.05, 0) is 50.5 Å². The van der Waals surface area contributed by atoms with E-state index in [1.807, 2.05) is 26.0 Å². The van der Waals surface area contributed by atoms with Crippen LogP contribution in [-0.2, 0) is 0 Å². The van der Waals surface area contributed by atoms with Gasteiger partial charge < -0.3 is 10.4 Å². The molecule has 0 aliphatic heterocycles. The van der Waals surface area contributed by atoms with E-state index in [9.17, 15) is 4.79 Å². The van der Waals surface area contributed by atoms with Crippen molar-refractivity contribution in [1.82, 2.24) is 5.32 Å². The van der Waals surface area contributed by atoms with E-state index in [1.54, 1.807) is 6.07 Å². The Hall–Kier alpha value is -1.79. The second kappa shape index (κ2) is 4.83. The van der Waals surface area contributed by atoms with Gasteiger partial charge in [0.2, 0.25) is 0 Å². The van der Waals surface area contributed by atoms with E-state index < -0.39 is 0 Å². The summed E-state index contributed by atoms with van der Waals surface area (Å²) in [5.74, 6) is 5.37. The highest BCUT2D eigenvalue weighted by molar-refractivity contribution is 5.95. The van der Waals surface area contributed by atoms with Crippen LogP contribution >= 0.6 is 0 Å². The zero-order valence-electron chi connectivity index (χ0n) is 10.7. The van der Waals surface area contributed by atoms with Gasteiger partial charge in [-0.25, -0.2) is 0 Å². The molecule has 3 nitrogen and oxygen atoms in total. The van der Waals surface area contributed by atoms with Gasteiger partial charge in [-0.1, -0.05) is 11.8 Å². The highest BCUT2D eigenvalue weighted by Crippen LogP contribution is 2.34. The summed E-state index contributed by atoms with van der Waals surface area (Å²) in [6.07, 6.45) is 2.09. The van der Waals surface area contributed by atoms with Gasteiger partial charge >= 0.3 is 0 Å². The lowest BCUT2D eigenvalue weighted by Gasteiger charge is -2.12. The molecule has 18 heavy (non-hydrogen) atoms. The summed E-state index contributed by atoms with van der Waals surface area (Å²) in [5.41, 5.74) is 2.36. The zero-order chi connectivity index (χ0) is 13.2. The summed E-state index contributed by atoms with van der Waals surface area (Å²) in [5, 5.41) is 11.7. The lowest BCUT2D eigenvalue weighted by Crippen LogP contribution is -2.34. The molecule has 2 N–H and O–H groups in total. The third kappa shape index (κ3) is 3.12. The van der Waals surface area contributed by atoms with Crippen LogP contribution in [0.3, 0.4) is 0 Å². The first-order valence-electron chi connectivity index (χ1n) is 6.06. The van der Waals surface area contributed by atoms with E-state index in [1.165, 1.54) is 0 Å². The summed E-state index contributed by atoms with van der Waals surface area (Å²) in [6.45, 7) is 3.81. The number of carbonyl (C=O) groups is 1. The molecular formula is C15H17NO2. The molecule has 1 aliphatic carbocycles. The van der Waals surface area contributed by atoms with Crippen molar-refractivity contribution in [1.29, 1.82) is 0 Å². The van der Waals surface area contributed by atoms with Crippen LogP contribution in [0.2, 0.25) is 0 Å². The molecule has 0 heterocycles. The fourth-order valence-electron chi connectivity index (χ4n) is 1.79. The largest absolute Gasteiger partial charge is 0.384 e. The summed E-state index contributed by atoms with van der Waals surface area (Å²) in [4.78, 5) is 12.1. The first-order valence-corrected chi connectivity index (χ1v) is 6.06. The molecule has 1 amide bonds. The number of hydrogen-bond donors (Lipinski definition) is 2. The Morgan fingerprint density at radius 3 is 2.78 bits per heavy atom. The summed E-state index contributed by atoms with van der Waals surface area (Å²) < 4.78 is 0. The number of benzene rings is 1. The number of rotatable bonds is 2. The van der Waals surface area contributed by atoms with Gasteiger partial charge in [0.15, 0.2) is 0 Å². The molecule has 0 atom stereocenters. The lowest BCUT2D eigenvalue weighted by atomic mass is 10.1. The van der Waals surface area contributed by atoms with Gasteiger partial charge in [0.25, 0.3) is 5.91 Å². The first kappa shape index (κ1) is 12.7. The molecule has 1 saturated carbocycles. The minimum atomic E-state index is -0.173. The van der Waals surface area contributed by atoms with Crippen molar-refractivity contribution in [2.75, 3.05) is 6.61 Å². The molecule has 2 rings (SSSR count). The third-order valence-corrected chi connectivity index (χ3v) is 3.07. The van der Waals surface area contributed by atoms with E-state index >= 15 is 0 Å². The fourth-order valence-corrected chi connectivity index (χ4v) is 1.79. The predicted molar refractivity (Wildman–Crippen MR) is 70.2 cm³/mol. The van der Waals surface area contributed by atoms with Gasteiger partial charge in [0.1, 0.15) is 6.61 Å². The summed E-state index contributed by atoms with van der Waals surface area (Å²) >= 11 is 0. The zero-order valence-corrected chi connectivity index (χ0v) is 10.7. The van der Waals surface area contributed by atoms with Crippen LogP contribution in [0.4, 0.5) is 0 Å². The van der Waals surface area contributed by atoms with Crippen molar-refractivity contribution >= 4 is 5.91 Å². The Labute approximate surface area is 107 Å².